The lowest BCUT2D eigenvalue weighted by atomic mass is 10.2. The molecule has 1 saturated heterocycles. The van der Waals surface area contributed by atoms with Crippen LogP contribution in [0, 0.1) is 0 Å². The van der Waals surface area contributed by atoms with Crippen molar-refractivity contribution in [2.75, 3.05) is 44.7 Å². The number of aromatic nitrogens is 2. The van der Waals surface area contributed by atoms with Gasteiger partial charge in [0.2, 0.25) is 0 Å². The van der Waals surface area contributed by atoms with Crippen LogP contribution in [0.25, 0.3) is 0 Å². The first-order chi connectivity index (χ1) is 11.7. The second-order valence-corrected chi connectivity index (χ2v) is 5.95. The van der Waals surface area contributed by atoms with Gasteiger partial charge in [-0.2, -0.15) is 0 Å². The lowest BCUT2D eigenvalue weighted by molar-refractivity contribution is 0.0657. The van der Waals surface area contributed by atoms with Gasteiger partial charge in [0.25, 0.3) is 5.91 Å². The molecule has 0 bridgehead atoms. The first-order valence-electron chi connectivity index (χ1n) is 8.33. The first kappa shape index (κ1) is 16.4. The Morgan fingerprint density at radius 2 is 1.75 bits per heavy atom. The number of anilines is 2. The van der Waals surface area contributed by atoms with Crippen LogP contribution in [0.3, 0.4) is 0 Å². The molecule has 2 aromatic rings. The van der Waals surface area contributed by atoms with Crippen LogP contribution in [0.1, 0.15) is 17.4 Å². The molecule has 0 radical (unpaired) electrons. The van der Waals surface area contributed by atoms with Gasteiger partial charge in [-0.15, -0.1) is 10.2 Å². The highest BCUT2D eigenvalue weighted by atomic mass is 16.2. The van der Waals surface area contributed by atoms with Crippen LogP contribution in [0.2, 0.25) is 0 Å². The van der Waals surface area contributed by atoms with Gasteiger partial charge in [0.15, 0.2) is 11.5 Å². The maximum absolute atomic E-state index is 12.5. The van der Waals surface area contributed by atoms with E-state index in [1.807, 2.05) is 41.3 Å². The van der Waals surface area contributed by atoms with Crippen molar-refractivity contribution in [1.82, 2.24) is 20.0 Å². The van der Waals surface area contributed by atoms with Crippen LogP contribution in [0.15, 0.2) is 42.5 Å². The Bertz CT molecular complexity index is 666. The minimum Gasteiger partial charge on any atom is -0.335 e. The highest BCUT2D eigenvalue weighted by molar-refractivity contribution is 5.92. The summed E-state index contributed by atoms with van der Waals surface area (Å²) in [7, 11) is 2.07. The van der Waals surface area contributed by atoms with Crippen LogP contribution in [0.4, 0.5) is 11.5 Å². The van der Waals surface area contributed by atoms with E-state index in [2.05, 4.69) is 34.0 Å². The number of likely N-dealkylation sites (N-methyl/N-ethyl adjacent to an activating group) is 1. The molecule has 3 rings (SSSR count). The van der Waals surface area contributed by atoms with Crippen LogP contribution in [-0.4, -0.2) is 65.7 Å². The third-order valence-electron chi connectivity index (χ3n) is 4.32. The van der Waals surface area contributed by atoms with Crippen LogP contribution < -0.4 is 4.90 Å². The number of rotatable bonds is 4. The lowest BCUT2D eigenvalue weighted by Gasteiger charge is -2.32. The van der Waals surface area contributed by atoms with Gasteiger partial charge in [0, 0.05) is 38.4 Å². The van der Waals surface area contributed by atoms with E-state index in [4.69, 9.17) is 0 Å². The normalized spacial score (nSPS) is 15.3. The monoisotopic (exact) mass is 325 g/mol. The molecule has 1 aliphatic heterocycles. The van der Waals surface area contributed by atoms with Crippen molar-refractivity contribution in [1.29, 1.82) is 0 Å². The van der Waals surface area contributed by atoms with Crippen molar-refractivity contribution in [2.45, 2.75) is 6.92 Å². The van der Waals surface area contributed by atoms with E-state index >= 15 is 0 Å². The Balaban J connectivity index is 1.74. The predicted octanol–water partition coefficient (Wildman–Crippen LogP) is 2.02. The number of para-hydroxylation sites is 1. The van der Waals surface area contributed by atoms with E-state index in [0.29, 0.717) is 5.69 Å². The molecular formula is C18H23N5O. The van der Waals surface area contributed by atoms with Gasteiger partial charge in [0.1, 0.15) is 0 Å². The lowest BCUT2D eigenvalue weighted by Crippen LogP contribution is -2.47. The average Bonchev–Trinajstić information content (AvgIpc) is 2.64. The van der Waals surface area contributed by atoms with Gasteiger partial charge in [-0.25, -0.2) is 0 Å². The summed E-state index contributed by atoms with van der Waals surface area (Å²) in [6, 6.07) is 13.7. The smallest absolute Gasteiger partial charge is 0.274 e. The summed E-state index contributed by atoms with van der Waals surface area (Å²) in [6.45, 7) is 6.12. The number of hydrogen-bond acceptors (Lipinski definition) is 5. The highest BCUT2D eigenvalue weighted by Gasteiger charge is 2.22. The summed E-state index contributed by atoms with van der Waals surface area (Å²) in [5, 5.41) is 8.45. The first-order valence-corrected chi connectivity index (χ1v) is 8.33. The highest BCUT2D eigenvalue weighted by Crippen LogP contribution is 2.22. The van der Waals surface area contributed by atoms with Crippen molar-refractivity contribution in [3.8, 4) is 0 Å². The van der Waals surface area contributed by atoms with E-state index < -0.39 is 0 Å². The van der Waals surface area contributed by atoms with E-state index in [9.17, 15) is 4.79 Å². The van der Waals surface area contributed by atoms with Gasteiger partial charge in [-0.05, 0) is 38.2 Å². The van der Waals surface area contributed by atoms with Crippen molar-refractivity contribution >= 4 is 17.4 Å². The topological polar surface area (TPSA) is 52.6 Å². The van der Waals surface area contributed by atoms with Crippen molar-refractivity contribution in [3.63, 3.8) is 0 Å². The molecular weight excluding hydrogens is 302 g/mol. The molecule has 0 aliphatic carbocycles. The second-order valence-electron chi connectivity index (χ2n) is 5.95. The Kier molecular flexibility index (Phi) is 5.05. The quantitative estimate of drug-likeness (QED) is 0.861. The minimum atomic E-state index is -0.0371. The number of carbonyl (C=O) groups excluding carboxylic acids is 1. The number of benzene rings is 1. The molecule has 1 amide bonds. The van der Waals surface area contributed by atoms with Crippen LogP contribution >= 0.6 is 0 Å². The molecule has 0 atom stereocenters. The molecule has 1 aliphatic rings. The van der Waals surface area contributed by atoms with Crippen molar-refractivity contribution in [2.24, 2.45) is 0 Å². The summed E-state index contributed by atoms with van der Waals surface area (Å²) < 4.78 is 0. The van der Waals surface area contributed by atoms with E-state index in [-0.39, 0.29) is 5.91 Å². The fourth-order valence-electron chi connectivity index (χ4n) is 2.84. The molecule has 6 nitrogen and oxygen atoms in total. The minimum absolute atomic E-state index is 0.0371. The SMILES string of the molecule is CCN(c1ccccc1)c1ccc(C(=O)N2CCN(C)CC2)nn1. The summed E-state index contributed by atoms with van der Waals surface area (Å²) in [5.74, 6) is 0.712. The molecule has 24 heavy (non-hydrogen) atoms. The fraction of sp³-hybridized carbons (Fsp3) is 0.389. The number of nitrogens with zero attached hydrogens (tertiary/aromatic N) is 5. The fourth-order valence-corrected chi connectivity index (χ4v) is 2.84. The third-order valence-corrected chi connectivity index (χ3v) is 4.32. The summed E-state index contributed by atoms with van der Waals surface area (Å²) >= 11 is 0. The van der Waals surface area contributed by atoms with E-state index in [1.54, 1.807) is 6.07 Å². The maximum atomic E-state index is 12.5. The maximum Gasteiger partial charge on any atom is 0.274 e. The molecule has 126 valence electrons. The molecule has 0 N–H and O–H groups in total. The number of amides is 1. The van der Waals surface area contributed by atoms with Crippen LogP contribution in [-0.2, 0) is 0 Å². The molecule has 0 spiro atoms. The van der Waals surface area contributed by atoms with Gasteiger partial charge < -0.3 is 14.7 Å². The summed E-state index contributed by atoms with van der Waals surface area (Å²) in [5.41, 5.74) is 1.47. The molecule has 1 aromatic carbocycles. The Morgan fingerprint density at radius 3 is 2.33 bits per heavy atom. The van der Waals surface area contributed by atoms with E-state index in [0.717, 1.165) is 44.2 Å². The van der Waals surface area contributed by atoms with Gasteiger partial charge in [0.05, 0.1) is 0 Å². The molecule has 0 unspecified atom stereocenters. The summed E-state index contributed by atoms with van der Waals surface area (Å²) in [4.78, 5) is 18.7. The Labute approximate surface area is 142 Å². The largest absolute Gasteiger partial charge is 0.335 e. The second kappa shape index (κ2) is 7.40. The Morgan fingerprint density at radius 1 is 1.04 bits per heavy atom. The van der Waals surface area contributed by atoms with Crippen molar-refractivity contribution in [3.05, 3.63) is 48.2 Å². The molecule has 2 heterocycles. The molecule has 1 fully saturated rings. The third kappa shape index (κ3) is 3.54. The van der Waals surface area contributed by atoms with Crippen molar-refractivity contribution < 1.29 is 4.79 Å². The van der Waals surface area contributed by atoms with Crippen LogP contribution in [0.5, 0.6) is 0 Å². The van der Waals surface area contributed by atoms with Gasteiger partial charge >= 0.3 is 0 Å². The molecule has 0 saturated carbocycles. The number of hydrogen-bond donors (Lipinski definition) is 0. The zero-order chi connectivity index (χ0) is 16.9. The molecule has 6 heteroatoms. The predicted molar refractivity (Wildman–Crippen MR) is 94.6 cm³/mol. The number of carbonyl (C=O) groups is 1. The van der Waals surface area contributed by atoms with E-state index in [1.165, 1.54) is 0 Å². The average molecular weight is 325 g/mol. The molecule has 1 aromatic heterocycles. The summed E-state index contributed by atoms with van der Waals surface area (Å²) in [6.07, 6.45) is 0. The van der Waals surface area contributed by atoms with Gasteiger partial charge in [-0.3, -0.25) is 4.79 Å². The van der Waals surface area contributed by atoms with Gasteiger partial charge in [-0.1, -0.05) is 18.2 Å². The number of piperazine rings is 1. The Hall–Kier alpha value is -2.47. The standard InChI is InChI=1S/C18H23N5O/c1-3-23(15-7-5-4-6-8-15)17-10-9-16(19-20-17)18(24)22-13-11-21(2)12-14-22/h4-10H,3,11-14H2,1-2H3. The zero-order valence-electron chi connectivity index (χ0n) is 14.2. The zero-order valence-corrected chi connectivity index (χ0v) is 14.2.